The molecule has 0 saturated heterocycles. The molecule has 2 rings (SSSR count). The van der Waals surface area contributed by atoms with Gasteiger partial charge in [-0.2, -0.15) is 0 Å². The van der Waals surface area contributed by atoms with E-state index in [4.69, 9.17) is 25.8 Å². The second-order valence-corrected chi connectivity index (χ2v) is 5.39. The summed E-state index contributed by atoms with van der Waals surface area (Å²) in [6, 6.07) is 9.59. The maximum atomic E-state index is 13.8. The molecule has 0 amide bonds. The quantitative estimate of drug-likeness (QED) is 0.530. The van der Waals surface area contributed by atoms with Crippen molar-refractivity contribution in [3.63, 3.8) is 0 Å². The van der Waals surface area contributed by atoms with Gasteiger partial charge in [-0.3, -0.25) is 0 Å². The Bertz CT molecular complexity index is 754. The highest BCUT2D eigenvalue weighted by molar-refractivity contribution is 6.31. The van der Waals surface area contributed by atoms with Gasteiger partial charge < -0.3 is 14.2 Å². The van der Waals surface area contributed by atoms with Gasteiger partial charge in [0.15, 0.2) is 11.5 Å². The van der Waals surface area contributed by atoms with E-state index in [1.54, 1.807) is 37.3 Å². The molecular weight excluding hydrogens is 347 g/mol. The smallest absolute Gasteiger partial charge is 0.330 e. The number of ether oxygens (including phenoxy) is 3. The van der Waals surface area contributed by atoms with Crippen LogP contribution in [-0.2, 0) is 16.1 Å². The van der Waals surface area contributed by atoms with Crippen LogP contribution in [0.4, 0.5) is 4.39 Å². The van der Waals surface area contributed by atoms with Crippen LogP contribution < -0.4 is 9.47 Å². The standard InChI is InChI=1S/C19H18ClFO4/c1-3-24-19(22)10-8-13-7-9-17(18(11-13)23-2)25-12-14-15(20)5-4-6-16(14)21/h4-11H,3,12H2,1-2H3/b10-8+. The predicted molar refractivity (Wildman–Crippen MR) is 94.4 cm³/mol. The van der Waals surface area contributed by atoms with Crippen LogP contribution in [-0.4, -0.2) is 19.7 Å². The zero-order chi connectivity index (χ0) is 18.2. The Morgan fingerprint density at radius 1 is 1.24 bits per heavy atom. The number of esters is 1. The van der Waals surface area contributed by atoms with Crippen molar-refractivity contribution in [1.82, 2.24) is 0 Å². The minimum atomic E-state index is -0.430. The van der Waals surface area contributed by atoms with Crippen molar-refractivity contribution in [3.05, 3.63) is 64.4 Å². The highest BCUT2D eigenvalue weighted by Crippen LogP contribution is 2.30. The van der Waals surface area contributed by atoms with Gasteiger partial charge in [0.25, 0.3) is 0 Å². The minimum Gasteiger partial charge on any atom is -0.493 e. The van der Waals surface area contributed by atoms with Gasteiger partial charge in [-0.25, -0.2) is 9.18 Å². The average molecular weight is 365 g/mol. The van der Waals surface area contributed by atoms with Gasteiger partial charge in [0.2, 0.25) is 0 Å². The SMILES string of the molecule is CCOC(=O)/C=C/c1ccc(OCc2c(F)cccc2Cl)c(OC)c1. The number of carbonyl (C=O) groups excluding carboxylic acids is 1. The molecule has 0 radical (unpaired) electrons. The number of halogens is 2. The van der Waals surface area contributed by atoms with E-state index in [1.807, 2.05) is 0 Å². The lowest BCUT2D eigenvalue weighted by atomic mass is 10.2. The lowest BCUT2D eigenvalue weighted by Gasteiger charge is -2.12. The third-order valence-electron chi connectivity index (χ3n) is 3.32. The summed E-state index contributed by atoms with van der Waals surface area (Å²) in [4.78, 5) is 11.3. The van der Waals surface area contributed by atoms with Crippen molar-refractivity contribution in [2.24, 2.45) is 0 Å². The number of benzene rings is 2. The fourth-order valence-electron chi connectivity index (χ4n) is 2.08. The Labute approximate surface area is 150 Å². The number of rotatable bonds is 7. The summed E-state index contributed by atoms with van der Waals surface area (Å²) in [7, 11) is 1.50. The number of carbonyl (C=O) groups is 1. The van der Waals surface area contributed by atoms with E-state index in [1.165, 1.54) is 25.3 Å². The fraction of sp³-hybridized carbons (Fsp3) is 0.211. The lowest BCUT2D eigenvalue weighted by molar-refractivity contribution is -0.137. The molecule has 4 nitrogen and oxygen atoms in total. The molecule has 0 fully saturated rings. The summed E-state index contributed by atoms with van der Waals surface area (Å²) in [6.07, 6.45) is 2.94. The second-order valence-electron chi connectivity index (χ2n) is 4.98. The highest BCUT2D eigenvalue weighted by atomic mass is 35.5. The highest BCUT2D eigenvalue weighted by Gasteiger charge is 2.10. The molecule has 0 aromatic heterocycles. The van der Waals surface area contributed by atoms with Crippen molar-refractivity contribution in [3.8, 4) is 11.5 Å². The summed E-state index contributed by atoms with van der Waals surface area (Å²) in [5.41, 5.74) is 1.01. The first kappa shape index (κ1) is 18.8. The van der Waals surface area contributed by atoms with Gasteiger partial charge in [-0.15, -0.1) is 0 Å². The first-order valence-electron chi connectivity index (χ1n) is 7.63. The maximum Gasteiger partial charge on any atom is 0.330 e. The van der Waals surface area contributed by atoms with Gasteiger partial charge in [-0.05, 0) is 42.8 Å². The van der Waals surface area contributed by atoms with Crippen LogP contribution in [0, 0.1) is 5.82 Å². The molecule has 0 saturated carbocycles. The van der Waals surface area contributed by atoms with E-state index >= 15 is 0 Å². The molecule has 0 aliphatic rings. The van der Waals surface area contributed by atoms with Crippen LogP contribution in [0.1, 0.15) is 18.1 Å². The molecule has 0 unspecified atom stereocenters. The monoisotopic (exact) mass is 364 g/mol. The normalized spacial score (nSPS) is 10.7. The first-order chi connectivity index (χ1) is 12.0. The molecule has 0 heterocycles. The summed E-state index contributed by atoms with van der Waals surface area (Å²) in [5.74, 6) is 0.0463. The Morgan fingerprint density at radius 2 is 2.04 bits per heavy atom. The van der Waals surface area contributed by atoms with Crippen molar-refractivity contribution in [1.29, 1.82) is 0 Å². The molecule has 0 spiro atoms. The van der Waals surface area contributed by atoms with Crippen molar-refractivity contribution < 1.29 is 23.4 Å². The van der Waals surface area contributed by atoms with Gasteiger partial charge in [0, 0.05) is 11.6 Å². The molecule has 0 aliphatic heterocycles. The van der Waals surface area contributed by atoms with Crippen molar-refractivity contribution in [2.45, 2.75) is 13.5 Å². The van der Waals surface area contributed by atoms with E-state index in [0.29, 0.717) is 23.1 Å². The van der Waals surface area contributed by atoms with Crippen LogP contribution in [0.15, 0.2) is 42.5 Å². The van der Waals surface area contributed by atoms with E-state index in [-0.39, 0.29) is 12.2 Å². The van der Waals surface area contributed by atoms with Crippen LogP contribution in [0.3, 0.4) is 0 Å². The Morgan fingerprint density at radius 3 is 2.72 bits per heavy atom. The van der Waals surface area contributed by atoms with Crippen LogP contribution >= 0.6 is 11.6 Å². The second kappa shape index (κ2) is 9.08. The summed E-state index contributed by atoms with van der Waals surface area (Å²) < 4.78 is 29.5. The number of methoxy groups -OCH3 is 1. The number of hydrogen-bond donors (Lipinski definition) is 0. The first-order valence-corrected chi connectivity index (χ1v) is 8.01. The van der Waals surface area contributed by atoms with Gasteiger partial charge >= 0.3 is 5.97 Å². The minimum absolute atomic E-state index is 0.0279. The molecule has 2 aromatic rings. The number of hydrogen-bond acceptors (Lipinski definition) is 4. The van der Waals surface area contributed by atoms with Gasteiger partial charge in [0.05, 0.1) is 18.7 Å². The summed E-state index contributed by atoms with van der Waals surface area (Å²) >= 11 is 5.99. The maximum absolute atomic E-state index is 13.8. The molecule has 25 heavy (non-hydrogen) atoms. The predicted octanol–water partition coefficient (Wildman–Crippen LogP) is 4.64. The molecule has 6 heteroatoms. The van der Waals surface area contributed by atoms with E-state index in [0.717, 1.165) is 5.56 Å². The lowest BCUT2D eigenvalue weighted by Crippen LogP contribution is -2.01. The molecule has 0 atom stereocenters. The van der Waals surface area contributed by atoms with E-state index in [9.17, 15) is 9.18 Å². The van der Waals surface area contributed by atoms with Crippen molar-refractivity contribution >= 4 is 23.6 Å². The van der Waals surface area contributed by atoms with Gasteiger partial charge in [0.1, 0.15) is 12.4 Å². The summed E-state index contributed by atoms with van der Waals surface area (Å²) in [5, 5.41) is 0.299. The van der Waals surface area contributed by atoms with E-state index in [2.05, 4.69) is 0 Å². The third kappa shape index (κ3) is 5.22. The molecule has 0 N–H and O–H groups in total. The molecule has 0 aliphatic carbocycles. The Balaban J connectivity index is 2.13. The molecular formula is C19H18ClFO4. The van der Waals surface area contributed by atoms with Gasteiger partial charge in [-0.1, -0.05) is 23.7 Å². The third-order valence-corrected chi connectivity index (χ3v) is 3.67. The topological polar surface area (TPSA) is 44.8 Å². The molecule has 0 bridgehead atoms. The van der Waals surface area contributed by atoms with Crippen LogP contribution in [0.5, 0.6) is 11.5 Å². The van der Waals surface area contributed by atoms with Crippen LogP contribution in [0.25, 0.3) is 6.08 Å². The Hall–Kier alpha value is -2.53. The Kier molecular flexibility index (Phi) is 6.83. The van der Waals surface area contributed by atoms with Crippen LogP contribution in [0.2, 0.25) is 5.02 Å². The zero-order valence-corrected chi connectivity index (χ0v) is 14.7. The average Bonchev–Trinajstić information content (AvgIpc) is 2.60. The fourth-order valence-corrected chi connectivity index (χ4v) is 2.30. The van der Waals surface area contributed by atoms with Crippen molar-refractivity contribution in [2.75, 3.05) is 13.7 Å². The van der Waals surface area contributed by atoms with E-state index < -0.39 is 11.8 Å². The largest absolute Gasteiger partial charge is 0.493 e. The molecule has 132 valence electrons. The molecule has 2 aromatic carbocycles. The summed E-state index contributed by atoms with van der Waals surface area (Å²) in [6.45, 7) is 2.03. The zero-order valence-electron chi connectivity index (χ0n) is 13.9.